The molecule has 0 aliphatic carbocycles. The fourth-order valence-corrected chi connectivity index (χ4v) is 2.93. The van der Waals surface area contributed by atoms with E-state index in [4.69, 9.17) is 5.11 Å². The molecule has 0 fully saturated rings. The number of anilines is 1. The average molecular weight is 340 g/mol. The molecule has 2 heterocycles. The number of nitrogens with zero attached hydrogens (tertiary/aromatic N) is 3. The van der Waals surface area contributed by atoms with Gasteiger partial charge in [-0.25, -0.2) is 0 Å². The lowest BCUT2D eigenvalue weighted by atomic mass is 10.2. The first-order valence-electron chi connectivity index (χ1n) is 8.03. The molecular formula is C18H20N4O3. The van der Waals surface area contributed by atoms with Crippen LogP contribution in [0.2, 0.25) is 0 Å². The number of nitrogens with one attached hydrogen (secondary N) is 1. The van der Waals surface area contributed by atoms with Crippen LogP contribution in [-0.4, -0.2) is 31.3 Å². The van der Waals surface area contributed by atoms with Gasteiger partial charge in [0, 0.05) is 34.5 Å². The number of carbonyl (C=O) groups excluding carboxylic acids is 1. The Balaban J connectivity index is 1.83. The van der Waals surface area contributed by atoms with E-state index in [1.807, 2.05) is 37.6 Å². The summed E-state index contributed by atoms with van der Waals surface area (Å²) >= 11 is 0. The van der Waals surface area contributed by atoms with Gasteiger partial charge in [0.25, 0.3) is 5.91 Å². The van der Waals surface area contributed by atoms with Crippen molar-refractivity contribution in [2.45, 2.75) is 33.4 Å². The van der Waals surface area contributed by atoms with Crippen LogP contribution in [-0.2, 0) is 11.3 Å². The summed E-state index contributed by atoms with van der Waals surface area (Å²) in [4.78, 5) is 23.4. The Hall–Kier alpha value is -3.09. The summed E-state index contributed by atoms with van der Waals surface area (Å²) in [5.41, 5.74) is 2.82. The van der Waals surface area contributed by atoms with Crippen LogP contribution >= 0.6 is 0 Å². The van der Waals surface area contributed by atoms with Gasteiger partial charge >= 0.3 is 5.97 Å². The molecule has 0 aliphatic heterocycles. The standard InChI is InChI=1S/C18H20N4O3/c1-11(2)22-12(3)15(9-19-22)18(25)20-14-4-5-16-13(8-14)6-7-21(16)10-17(23)24/h4-9,11H,10H2,1-3H3,(H,20,25)(H,23,24). The Morgan fingerprint density at radius 3 is 2.68 bits per heavy atom. The third-order valence-electron chi connectivity index (χ3n) is 4.11. The minimum Gasteiger partial charge on any atom is -0.480 e. The van der Waals surface area contributed by atoms with Crippen molar-refractivity contribution in [2.24, 2.45) is 0 Å². The first-order valence-corrected chi connectivity index (χ1v) is 8.03. The summed E-state index contributed by atoms with van der Waals surface area (Å²) in [6, 6.07) is 7.41. The minimum absolute atomic E-state index is 0.0945. The maximum Gasteiger partial charge on any atom is 0.323 e. The van der Waals surface area contributed by atoms with E-state index in [2.05, 4.69) is 10.4 Å². The highest BCUT2D eigenvalue weighted by Gasteiger charge is 2.16. The van der Waals surface area contributed by atoms with E-state index in [-0.39, 0.29) is 18.5 Å². The largest absolute Gasteiger partial charge is 0.480 e. The predicted molar refractivity (Wildman–Crippen MR) is 94.9 cm³/mol. The number of carboxylic acid groups (broad SMARTS) is 1. The molecule has 0 atom stereocenters. The molecule has 7 nitrogen and oxygen atoms in total. The number of rotatable bonds is 5. The van der Waals surface area contributed by atoms with Gasteiger partial charge in [-0.15, -0.1) is 0 Å². The highest BCUT2D eigenvalue weighted by molar-refractivity contribution is 6.05. The van der Waals surface area contributed by atoms with Crippen molar-refractivity contribution < 1.29 is 14.7 Å². The van der Waals surface area contributed by atoms with Crippen molar-refractivity contribution in [3.8, 4) is 0 Å². The molecule has 2 aromatic heterocycles. The van der Waals surface area contributed by atoms with Gasteiger partial charge in [0.1, 0.15) is 6.54 Å². The molecule has 0 aliphatic rings. The summed E-state index contributed by atoms with van der Waals surface area (Å²) in [7, 11) is 0. The van der Waals surface area contributed by atoms with Crippen LogP contribution in [0.15, 0.2) is 36.7 Å². The number of benzene rings is 1. The lowest BCUT2D eigenvalue weighted by molar-refractivity contribution is -0.137. The topological polar surface area (TPSA) is 89.2 Å². The van der Waals surface area contributed by atoms with Gasteiger partial charge in [-0.05, 0) is 45.0 Å². The van der Waals surface area contributed by atoms with E-state index in [1.165, 1.54) is 0 Å². The molecule has 0 radical (unpaired) electrons. The molecule has 0 unspecified atom stereocenters. The number of fused-ring (bicyclic) bond motifs is 1. The van der Waals surface area contributed by atoms with Crippen LogP contribution in [0.5, 0.6) is 0 Å². The van der Waals surface area contributed by atoms with Crippen LogP contribution in [0.25, 0.3) is 10.9 Å². The Kier molecular flexibility index (Phi) is 4.31. The Labute approximate surface area is 144 Å². The first kappa shape index (κ1) is 16.8. The van der Waals surface area contributed by atoms with Gasteiger partial charge in [-0.2, -0.15) is 5.10 Å². The summed E-state index contributed by atoms with van der Waals surface area (Å²) in [5.74, 6) is -1.11. The van der Waals surface area contributed by atoms with Gasteiger partial charge in [-0.1, -0.05) is 0 Å². The smallest absolute Gasteiger partial charge is 0.323 e. The van der Waals surface area contributed by atoms with E-state index in [0.717, 1.165) is 16.6 Å². The van der Waals surface area contributed by atoms with Gasteiger partial charge in [0.05, 0.1) is 11.8 Å². The van der Waals surface area contributed by atoms with Crippen LogP contribution in [0.3, 0.4) is 0 Å². The molecule has 0 saturated heterocycles. The maximum atomic E-state index is 12.5. The van der Waals surface area contributed by atoms with Crippen molar-refractivity contribution in [3.63, 3.8) is 0 Å². The maximum absolute atomic E-state index is 12.5. The van der Waals surface area contributed by atoms with Crippen molar-refractivity contribution in [3.05, 3.63) is 47.9 Å². The van der Waals surface area contributed by atoms with Crippen molar-refractivity contribution in [1.29, 1.82) is 0 Å². The zero-order valence-corrected chi connectivity index (χ0v) is 14.4. The van der Waals surface area contributed by atoms with Crippen LogP contribution in [0.4, 0.5) is 5.69 Å². The van der Waals surface area contributed by atoms with Gasteiger partial charge in [-0.3, -0.25) is 14.3 Å². The van der Waals surface area contributed by atoms with Crippen molar-refractivity contribution in [1.82, 2.24) is 14.3 Å². The van der Waals surface area contributed by atoms with E-state index in [9.17, 15) is 9.59 Å². The second-order valence-electron chi connectivity index (χ2n) is 6.25. The summed E-state index contributed by atoms with van der Waals surface area (Å²) in [6.45, 7) is 5.80. The van der Waals surface area contributed by atoms with Gasteiger partial charge in [0.15, 0.2) is 0 Å². The molecule has 3 aromatic rings. The van der Waals surface area contributed by atoms with E-state index in [0.29, 0.717) is 11.3 Å². The first-order chi connectivity index (χ1) is 11.9. The Morgan fingerprint density at radius 2 is 2.04 bits per heavy atom. The van der Waals surface area contributed by atoms with Crippen LogP contribution in [0, 0.1) is 6.92 Å². The Bertz CT molecular complexity index is 953. The SMILES string of the molecule is Cc1c(C(=O)Nc2ccc3c(ccn3CC(=O)O)c2)cnn1C(C)C. The molecule has 7 heteroatoms. The molecule has 0 bridgehead atoms. The fourth-order valence-electron chi connectivity index (χ4n) is 2.93. The summed E-state index contributed by atoms with van der Waals surface area (Å²) in [5, 5.41) is 16.9. The molecule has 25 heavy (non-hydrogen) atoms. The minimum atomic E-state index is -0.896. The molecule has 3 rings (SSSR count). The highest BCUT2D eigenvalue weighted by Crippen LogP contribution is 2.22. The van der Waals surface area contributed by atoms with Crippen molar-refractivity contribution in [2.75, 3.05) is 5.32 Å². The average Bonchev–Trinajstić information content (AvgIpc) is 3.10. The van der Waals surface area contributed by atoms with E-state index in [1.54, 1.807) is 29.1 Å². The summed E-state index contributed by atoms with van der Waals surface area (Å²) in [6.07, 6.45) is 3.30. The van der Waals surface area contributed by atoms with Crippen molar-refractivity contribution >= 4 is 28.5 Å². The number of hydrogen-bond acceptors (Lipinski definition) is 3. The lowest BCUT2D eigenvalue weighted by Gasteiger charge is -2.09. The molecule has 0 spiro atoms. The molecule has 130 valence electrons. The number of aliphatic carboxylic acids is 1. The molecule has 1 amide bonds. The van der Waals surface area contributed by atoms with Crippen LogP contribution in [0.1, 0.15) is 35.9 Å². The summed E-state index contributed by atoms with van der Waals surface area (Å²) < 4.78 is 3.46. The second-order valence-corrected chi connectivity index (χ2v) is 6.25. The lowest BCUT2D eigenvalue weighted by Crippen LogP contribution is -2.14. The van der Waals surface area contributed by atoms with Gasteiger partial charge < -0.3 is 15.0 Å². The third kappa shape index (κ3) is 3.26. The second kappa shape index (κ2) is 6.43. The molecule has 2 N–H and O–H groups in total. The van der Waals surface area contributed by atoms with Gasteiger partial charge in [0.2, 0.25) is 0 Å². The number of hydrogen-bond donors (Lipinski definition) is 2. The Morgan fingerprint density at radius 1 is 1.28 bits per heavy atom. The number of aromatic nitrogens is 3. The number of amides is 1. The quantitative estimate of drug-likeness (QED) is 0.747. The fraction of sp³-hybridized carbons (Fsp3) is 0.278. The normalized spacial score (nSPS) is 11.2. The number of carbonyl (C=O) groups is 2. The molecule has 1 aromatic carbocycles. The van der Waals surface area contributed by atoms with E-state index >= 15 is 0 Å². The van der Waals surface area contributed by atoms with E-state index < -0.39 is 5.97 Å². The number of carboxylic acids is 1. The third-order valence-corrected chi connectivity index (χ3v) is 4.11. The molecular weight excluding hydrogens is 320 g/mol. The van der Waals surface area contributed by atoms with Crippen LogP contribution < -0.4 is 5.32 Å². The zero-order chi connectivity index (χ0) is 18.1. The zero-order valence-electron chi connectivity index (χ0n) is 14.4. The molecule has 0 saturated carbocycles. The predicted octanol–water partition coefficient (Wildman–Crippen LogP) is 3.06. The monoisotopic (exact) mass is 340 g/mol. The highest BCUT2D eigenvalue weighted by atomic mass is 16.4.